The van der Waals surface area contributed by atoms with Crippen LogP contribution in [0.25, 0.3) is 0 Å². The zero-order valence-electron chi connectivity index (χ0n) is 18.9. The molecule has 2 N–H and O–H groups in total. The molecule has 1 fully saturated rings. The van der Waals surface area contributed by atoms with Crippen molar-refractivity contribution in [2.45, 2.75) is 70.4 Å². The molecule has 2 amide bonds. The minimum Gasteiger partial charge on any atom is -0.492 e. The molecule has 1 aromatic rings. The summed E-state index contributed by atoms with van der Waals surface area (Å²) in [6, 6.07) is 3.61. The molecule has 1 unspecified atom stereocenters. The van der Waals surface area contributed by atoms with Gasteiger partial charge in [-0.15, -0.1) is 0 Å². The smallest absolute Gasteiger partial charge is 0.408 e. The maximum atomic E-state index is 13.2. The first kappa shape index (κ1) is 24.9. The number of hydrogen-bond donors (Lipinski definition) is 2. The molecule has 0 saturated carbocycles. The summed E-state index contributed by atoms with van der Waals surface area (Å²) in [5, 5.41) is 5.11. The van der Waals surface area contributed by atoms with E-state index in [1.54, 1.807) is 33.8 Å². The van der Waals surface area contributed by atoms with E-state index in [9.17, 15) is 18.0 Å². The molecule has 1 aliphatic rings. The topological polar surface area (TPSA) is 114 Å². The summed E-state index contributed by atoms with van der Waals surface area (Å²) in [4.78, 5) is 24.4. The third-order valence-electron chi connectivity index (χ3n) is 4.57. The van der Waals surface area contributed by atoms with Gasteiger partial charge in [0.25, 0.3) is 0 Å². The van der Waals surface area contributed by atoms with Crippen molar-refractivity contribution in [1.82, 2.24) is 9.62 Å². The van der Waals surface area contributed by atoms with E-state index in [0.717, 1.165) is 19.3 Å². The van der Waals surface area contributed by atoms with E-state index >= 15 is 0 Å². The van der Waals surface area contributed by atoms with Crippen LogP contribution in [0.2, 0.25) is 0 Å². The fourth-order valence-electron chi connectivity index (χ4n) is 3.11. The first-order valence-electron chi connectivity index (χ1n) is 10.5. The standard InChI is InChI=1S/C21H33N3O6S/c1-6-29-17-11-10-16(14-18(17)31(27,28)24-12-8-7-9-13-24)23-19(25)15(2)22-20(26)30-21(3,4)5/h10-11,14-15H,6-9,12-13H2,1-5H3,(H,22,26)(H,23,25). The fourth-order valence-corrected chi connectivity index (χ4v) is 4.78. The van der Waals surface area contributed by atoms with Gasteiger partial charge in [-0.05, 0) is 65.7 Å². The van der Waals surface area contributed by atoms with Gasteiger partial charge in [0.05, 0.1) is 6.61 Å². The van der Waals surface area contributed by atoms with Crippen molar-refractivity contribution >= 4 is 27.7 Å². The largest absolute Gasteiger partial charge is 0.492 e. The number of carbonyl (C=O) groups is 2. The number of carbonyl (C=O) groups excluding carboxylic acids is 2. The lowest BCUT2D eigenvalue weighted by molar-refractivity contribution is -0.117. The van der Waals surface area contributed by atoms with Crippen molar-refractivity contribution in [3.63, 3.8) is 0 Å². The molecule has 9 nitrogen and oxygen atoms in total. The summed E-state index contributed by atoms with van der Waals surface area (Å²) < 4.78 is 38.5. The Morgan fingerprint density at radius 2 is 1.81 bits per heavy atom. The molecule has 0 aliphatic carbocycles. The molecule has 2 rings (SSSR count). The van der Waals surface area contributed by atoms with Crippen LogP contribution >= 0.6 is 0 Å². The lowest BCUT2D eigenvalue weighted by Crippen LogP contribution is -2.44. The Kier molecular flexibility index (Phi) is 8.30. The van der Waals surface area contributed by atoms with Gasteiger partial charge in [0.1, 0.15) is 22.3 Å². The first-order chi connectivity index (χ1) is 14.4. The highest BCUT2D eigenvalue weighted by atomic mass is 32.2. The number of anilines is 1. The van der Waals surface area contributed by atoms with Crippen molar-refractivity contribution in [2.24, 2.45) is 0 Å². The van der Waals surface area contributed by atoms with Gasteiger partial charge in [-0.1, -0.05) is 6.42 Å². The van der Waals surface area contributed by atoms with Crippen LogP contribution in [0, 0.1) is 0 Å². The Morgan fingerprint density at radius 1 is 1.16 bits per heavy atom. The number of nitrogens with one attached hydrogen (secondary N) is 2. The van der Waals surface area contributed by atoms with E-state index in [-0.39, 0.29) is 10.6 Å². The van der Waals surface area contributed by atoms with Crippen LogP contribution in [-0.4, -0.2) is 56.1 Å². The van der Waals surface area contributed by atoms with Gasteiger partial charge in [0.2, 0.25) is 15.9 Å². The highest BCUT2D eigenvalue weighted by Crippen LogP contribution is 2.31. The van der Waals surface area contributed by atoms with E-state index in [1.807, 2.05) is 0 Å². The second-order valence-electron chi connectivity index (χ2n) is 8.42. The van der Waals surface area contributed by atoms with Crippen molar-refractivity contribution in [3.05, 3.63) is 18.2 Å². The number of hydrogen-bond acceptors (Lipinski definition) is 6. The molecule has 1 heterocycles. The average molecular weight is 456 g/mol. The van der Waals surface area contributed by atoms with Gasteiger partial charge < -0.3 is 20.1 Å². The van der Waals surface area contributed by atoms with Crippen molar-refractivity contribution in [3.8, 4) is 5.75 Å². The summed E-state index contributed by atoms with van der Waals surface area (Å²) in [6.45, 7) is 9.69. The van der Waals surface area contributed by atoms with E-state index in [1.165, 1.54) is 23.4 Å². The number of nitrogens with zero attached hydrogens (tertiary/aromatic N) is 1. The first-order valence-corrected chi connectivity index (χ1v) is 12.0. The van der Waals surface area contributed by atoms with E-state index < -0.39 is 33.7 Å². The molecule has 1 aromatic carbocycles. The molecule has 1 atom stereocenters. The minimum absolute atomic E-state index is 0.0156. The molecule has 1 saturated heterocycles. The molecule has 0 aromatic heterocycles. The van der Waals surface area contributed by atoms with Gasteiger partial charge in [-0.25, -0.2) is 13.2 Å². The third kappa shape index (κ3) is 7.10. The Hall–Kier alpha value is -2.33. The molecule has 31 heavy (non-hydrogen) atoms. The van der Waals surface area contributed by atoms with Crippen LogP contribution in [0.3, 0.4) is 0 Å². The quantitative estimate of drug-likeness (QED) is 0.653. The number of piperidine rings is 1. The maximum absolute atomic E-state index is 13.2. The lowest BCUT2D eigenvalue weighted by atomic mass is 10.2. The van der Waals surface area contributed by atoms with E-state index in [4.69, 9.17) is 9.47 Å². The Labute approximate surface area is 184 Å². The number of benzene rings is 1. The lowest BCUT2D eigenvalue weighted by Gasteiger charge is -2.27. The minimum atomic E-state index is -3.77. The summed E-state index contributed by atoms with van der Waals surface area (Å²) in [6.07, 6.45) is 1.92. The highest BCUT2D eigenvalue weighted by molar-refractivity contribution is 7.89. The molecule has 0 bridgehead atoms. The molecule has 174 valence electrons. The number of amides is 2. The predicted octanol–water partition coefficient (Wildman–Crippen LogP) is 3.11. The fraction of sp³-hybridized carbons (Fsp3) is 0.619. The Bertz CT molecular complexity index is 889. The molecule has 10 heteroatoms. The van der Waals surface area contributed by atoms with Gasteiger partial charge in [0.15, 0.2) is 0 Å². The highest BCUT2D eigenvalue weighted by Gasteiger charge is 2.30. The Morgan fingerprint density at radius 3 is 2.39 bits per heavy atom. The van der Waals surface area contributed by atoms with Gasteiger partial charge in [-0.3, -0.25) is 4.79 Å². The Balaban J connectivity index is 2.19. The second kappa shape index (κ2) is 10.3. The maximum Gasteiger partial charge on any atom is 0.408 e. The van der Waals surface area contributed by atoms with Crippen molar-refractivity contribution < 1.29 is 27.5 Å². The molecule has 0 radical (unpaired) electrons. The number of alkyl carbamates (subject to hydrolysis) is 1. The van der Waals surface area contributed by atoms with Crippen LogP contribution in [-0.2, 0) is 19.6 Å². The zero-order chi connectivity index (χ0) is 23.2. The summed E-state index contributed by atoms with van der Waals surface area (Å²) >= 11 is 0. The summed E-state index contributed by atoms with van der Waals surface area (Å²) in [5.41, 5.74) is -0.394. The molecule has 0 spiro atoms. The van der Waals surface area contributed by atoms with Crippen molar-refractivity contribution in [2.75, 3.05) is 25.0 Å². The number of sulfonamides is 1. The van der Waals surface area contributed by atoms with Crippen LogP contribution in [0.1, 0.15) is 53.9 Å². The zero-order valence-corrected chi connectivity index (χ0v) is 19.7. The second-order valence-corrected chi connectivity index (χ2v) is 10.3. The average Bonchev–Trinajstić information content (AvgIpc) is 2.68. The third-order valence-corrected chi connectivity index (χ3v) is 6.49. The molecular weight excluding hydrogens is 422 g/mol. The SMILES string of the molecule is CCOc1ccc(NC(=O)C(C)NC(=O)OC(C)(C)C)cc1S(=O)(=O)N1CCCCC1. The summed E-state index contributed by atoms with van der Waals surface area (Å²) in [7, 11) is -3.77. The number of ether oxygens (including phenoxy) is 2. The van der Waals surface area contributed by atoms with Gasteiger partial charge in [0, 0.05) is 18.8 Å². The molecule has 1 aliphatic heterocycles. The van der Waals surface area contributed by atoms with Gasteiger partial charge >= 0.3 is 6.09 Å². The summed E-state index contributed by atoms with van der Waals surface area (Å²) in [5.74, 6) is -0.262. The van der Waals surface area contributed by atoms with E-state index in [2.05, 4.69) is 10.6 Å². The van der Waals surface area contributed by atoms with Gasteiger partial charge in [-0.2, -0.15) is 4.31 Å². The monoisotopic (exact) mass is 455 g/mol. The predicted molar refractivity (Wildman–Crippen MR) is 118 cm³/mol. The van der Waals surface area contributed by atoms with E-state index in [0.29, 0.717) is 25.4 Å². The number of rotatable bonds is 7. The van der Waals surface area contributed by atoms with Crippen LogP contribution in [0.15, 0.2) is 23.1 Å². The molecular formula is C21H33N3O6S. The van der Waals surface area contributed by atoms with Crippen molar-refractivity contribution in [1.29, 1.82) is 0 Å². The van der Waals surface area contributed by atoms with Crippen LogP contribution in [0.5, 0.6) is 5.75 Å². The normalized spacial score (nSPS) is 16.3. The van der Waals surface area contributed by atoms with Crippen LogP contribution in [0.4, 0.5) is 10.5 Å². The van der Waals surface area contributed by atoms with Crippen LogP contribution < -0.4 is 15.4 Å².